The third-order valence-corrected chi connectivity index (χ3v) is 6.34. The number of nitrogens with zero attached hydrogens (tertiary/aromatic N) is 3. The molecule has 0 saturated carbocycles. The van der Waals surface area contributed by atoms with Crippen molar-refractivity contribution in [2.24, 2.45) is 0 Å². The van der Waals surface area contributed by atoms with Gasteiger partial charge in [0.25, 0.3) is 11.5 Å². The van der Waals surface area contributed by atoms with E-state index >= 15 is 0 Å². The van der Waals surface area contributed by atoms with Crippen LogP contribution in [-0.4, -0.2) is 43.7 Å². The summed E-state index contributed by atoms with van der Waals surface area (Å²) < 4.78 is 2.32. The van der Waals surface area contributed by atoms with Crippen LogP contribution in [0.4, 0.5) is 4.79 Å². The summed E-state index contributed by atoms with van der Waals surface area (Å²) in [6.07, 6.45) is 1.12. The Hall–Kier alpha value is -2.40. The van der Waals surface area contributed by atoms with E-state index in [1.807, 2.05) is 6.92 Å². The van der Waals surface area contributed by atoms with Crippen LogP contribution >= 0.6 is 27.7 Å². The number of hydrogen-bond acceptors (Lipinski definition) is 6. The van der Waals surface area contributed by atoms with Gasteiger partial charge in [-0.25, -0.2) is 9.78 Å². The van der Waals surface area contributed by atoms with Crippen molar-refractivity contribution < 1.29 is 14.4 Å². The molecule has 1 aliphatic rings. The Bertz CT molecular complexity index is 1090. The van der Waals surface area contributed by atoms with Gasteiger partial charge in [0.2, 0.25) is 5.91 Å². The van der Waals surface area contributed by atoms with Crippen molar-refractivity contribution in [2.45, 2.75) is 50.9 Å². The third-order valence-electron chi connectivity index (χ3n) is 4.87. The molecular formula is C19H22BrN5O4S. The number of rotatable bonds is 7. The first-order valence-corrected chi connectivity index (χ1v) is 11.3. The van der Waals surface area contributed by atoms with Gasteiger partial charge >= 0.3 is 6.03 Å². The molecule has 2 heterocycles. The highest BCUT2D eigenvalue weighted by Gasteiger charge is 2.47. The van der Waals surface area contributed by atoms with E-state index in [1.165, 1.54) is 4.57 Å². The molecule has 0 radical (unpaired) electrons. The number of amides is 4. The maximum atomic E-state index is 12.9. The zero-order valence-corrected chi connectivity index (χ0v) is 19.2. The van der Waals surface area contributed by atoms with Gasteiger partial charge in [0.15, 0.2) is 5.16 Å². The van der Waals surface area contributed by atoms with Gasteiger partial charge in [-0.1, -0.05) is 41.5 Å². The van der Waals surface area contributed by atoms with Gasteiger partial charge in [-0.05, 0) is 38.0 Å². The van der Waals surface area contributed by atoms with Gasteiger partial charge in [0.05, 0.1) is 16.7 Å². The molecule has 30 heavy (non-hydrogen) atoms. The van der Waals surface area contributed by atoms with Crippen molar-refractivity contribution in [1.82, 2.24) is 25.3 Å². The lowest BCUT2D eigenvalue weighted by Crippen LogP contribution is -2.49. The van der Waals surface area contributed by atoms with Crippen molar-refractivity contribution >= 4 is 56.4 Å². The van der Waals surface area contributed by atoms with Gasteiger partial charge in [0, 0.05) is 11.0 Å². The molecule has 0 aliphatic carbocycles. The normalized spacial score (nSPS) is 18.7. The second kappa shape index (κ2) is 8.76. The molecule has 0 spiro atoms. The summed E-state index contributed by atoms with van der Waals surface area (Å²) in [5.41, 5.74) is 1.66. The molecule has 1 aromatic heterocycles. The van der Waals surface area contributed by atoms with E-state index in [2.05, 4.69) is 31.7 Å². The molecule has 11 heteroatoms. The summed E-state index contributed by atoms with van der Waals surface area (Å²) in [6.45, 7) is 5.78. The van der Waals surface area contributed by atoms with Crippen LogP contribution in [0.2, 0.25) is 0 Å². The molecule has 1 aliphatic heterocycles. The zero-order valence-electron chi connectivity index (χ0n) is 16.8. The molecule has 1 unspecified atom stereocenters. The van der Waals surface area contributed by atoms with Crippen LogP contribution in [0.1, 0.15) is 33.6 Å². The standard InChI is InChI=1S/C19H22BrN5O4S/c1-4-8-24-15(27)12-9-11(20)6-7-13(12)21-18(24)30-10-14(26)23-25-16(28)19(3,5-2)22-17(25)29/h6-7,9H,4-5,8,10H2,1-3H3,(H,22,29)(H,23,26). The molecule has 2 N–H and O–H groups in total. The summed E-state index contributed by atoms with van der Waals surface area (Å²) in [6, 6.07) is 4.59. The highest BCUT2D eigenvalue weighted by molar-refractivity contribution is 9.10. The monoisotopic (exact) mass is 495 g/mol. The molecule has 3 rings (SSSR count). The fraction of sp³-hybridized carbons (Fsp3) is 0.421. The van der Waals surface area contributed by atoms with E-state index in [0.717, 1.165) is 22.7 Å². The minimum Gasteiger partial charge on any atom is -0.322 e. The van der Waals surface area contributed by atoms with Gasteiger partial charge in [-0.2, -0.15) is 5.01 Å². The Morgan fingerprint density at radius 2 is 2.03 bits per heavy atom. The smallest absolute Gasteiger partial charge is 0.322 e. The van der Waals surface area contributed by atoms with Crippen LogP contribution in [0.15, 0.2) is 32.6 Å². The number of aromatic nitrogens is 2. The Balaban J connectivity index is 1.78. The minimum atomic E-state index is -1.03. The highest BCUT2D eigenvalue weighted by atomic mass is 79.9. The molecule has 0 bridgehead atoms. The van der Waals surface area contributed by atoms with Crippen LogP contribution < -0.4 is 16.3 Å². The van der Waals surface area contributed by atoms with Crippen molar-refractivity contribution in [2.75, 3.05) is 5.75 Å². The molecule has 4 amide bonds. The van der Waals surface area contributed by atoms with Gasteiger partial charge in [-0.15, -0.1) is 0 Å². The Labute approximate surface area is 185 Å². The minimum absolute atomic E-state index is 0.113. The first kappa shape index (κ1) is 22.3. The van der Waals surface area contributed by atoms with E-state index in [4.69, 9.17) is 0 Å². The number of halogens is 1. The Morgan fingerprint density at radius 3 is 2.67 bits per heavy atom. The van der Waals surface area contributed by atoms with Crippen molar-refractivity contribution in [3.05, 3.63) is 33.0 Å². The summed E-state index contributed by atoms with van der Waals surface area (Å²) in [5.74, 6) is -1.17. The Kier molecular flexibility index (Phi) is 6.51. The van der Waals surface area contributed by atoms with Crippen molar-refractivity contribution in [1.29, 1.82) is 0 Å². The fourth-order valence-corrected chi connectivity index (χ4v) is 4.20. The molecule has 1 aromatic carbocycles. The number of thioether (sulfide) groups is 1. The number of imide groups is 1. The van der Waals surface area contributed by atoms with Crippen LogP contribution in [0.3, 0.4) is 0 Å². The highest BCUT2D eigenvalue weighted by Crippen LogP contribution is 2.22. The predicted octanol–water partition coefficient (Wildman–Crippen LogP) is 2.41. The molecule has 1 saturated heterocycles. The molecule has 2 aromatic rings. The average Bonchev–Trinajstić information content (AvgIpc) is 2.93. The number of nitrogens with one attached hydrogen (secondary N) is 2. The van der Waals surface area contributed by atoms with E-state index in [0.29, 0.717) is 34.0 Å². The lowest BCUT2D eigenvalue weighted by atomic mass is 10.00. The molecule has 9 nitrogen and oxygen atoms in total. The van der Waals surface area contributed by atoms with Crippen LogP contribution in [-0.2, 0) is 16.1 Å². The summed E-state index contributed by atoms with van der Waals surface area (Å²) in [4.78, 5) is 54.3. The maximum absolute atomic E-state index is 12.9. The van der Waals surface area contributed by atoms with Crippen LogP contribution in [0.5, 0.6) is 0 Å². The van der Waals surface area contributed by atoms with Crippen LogP contribution in [0, 0.1) is 0 Å². The maximum Gasteiger partial charge on any atom is 0.344 e. The van der Waals surface area contributed by atoms with E-state index in [1.54, 1.807) is 32.0 Å². The number of fused-ring (bicyclic) bond motifs is 1. The lowest BCUT2D eigenvalue weighted by molar-refractivity contribution is -0.137. The van der Waals surface area contributed by atoms with Gasteiger partial charge in [0.1, 0.15) is 5.54 Å². The number of urea groups is 1. The quantitative estimate of drug-likeness (QED) is 0.346. The third kappa shape index (κ3) is 4.22. The summed E-state index contributed by atoms with van der Waals surface area (Å²) in [7, 11) is 0. The number of carbonyl (C=O) groups excluding carboxylic acids is 3. The predicted molar refractivity (Wildman–Crippen MR) is 117 cm³/mol. The molecular weight excluding hydrogens is 474 g/mol. The van der Waals surface area contributed by atoms with Crippen molar-refractivity contribution in [3.8, 4) is 0 Å². The Morgan fingerprint density at radius 1 is 1.30 bits per heavy atom. The SMILES string of the molecule is CCCn1c(SCC(=O)NN2C(=O)NC(C)(CC)C2=O)nc2ccc(Br)cc2c1=O. The zero-order chi connectivity index (χ0) is 22.1. The van der Waals surface area contributed by atoms with Gasteiger partial charge < -0.3 is 5.32 Å². The fourth-order valence-electron chi connectivity index (χ4n) is 3.02. The first-order chi connectivity index (χ1) is 14.2. The number of benzene rings is 1. The topological polar surface area (TPSA) is 113 Å². The van der Waals surface area contributed by atoms with E-state index in [9.17, 15) is 19.2 Å². The van der Waals surface area contributed by atoms with Gasteiger partial charge in [-0.3, -0.25) is 24.4 Å². The lowest BCUT2D eigenvalue weighted by Gasteiger charge is -2.19. The summed E-state index contributed by atoms with van der Waals surface area (Å²) in [5, 5.41) is 4.17. The van der Waals surface area contributed by atoms with E-state index in [-0.39, 0.29) is 11.3 Å². The molecule has 1 fully saturated rings. The molecule has 160 valence electrons. The second-order valence-corrected chi connectivity index (χ2v) is 8.95. The number of hydrogen-bond donors (Lipinski definition) is 2. The first-order valence-electron chi connectivity index (χ1n) is 9.49. The number of hydrazine groups is 1. The van der Waals surface area contributed by atoms with E-state index < -0.39 is 23.4 Å². The van der Waals surface area contributed by atoms with Crippen molar-refractivity contribution in [3.63, 3.8) is 0 Å². The average molecular weight is 496 g/mol. The molecule has 1 atom stereocenters. The second-order valence-electron chi connectivity index (χ2n) is 7.09. The largest absolute Gasteiger partial charge is 0.344 e. The summed E-state index contributed by atoms with van der Waals surface area (Å²) >= 11 is 4.44. The van der Waals surface area contributed by atoms with Crippen LogP contribution in [0.25, 0.3) is 10.9 Å². The number of carbonyl (C=O) groups is 3.